The van der Waals surface area contributed by atoms with Crippen LogP contribution in [0.1, 0.15) is 25.0 Å². The molecule has 0 saturated carbocycles. The lowest BCUT2D eigenvalue weighted by Crippen LogP contribution is -2.33. The largest absolute Gasteiger partial charge is 0.495 e. The third-order valence-corrected chi connectivity index (χ3v) is 3.81. The van der Waals surface area contributed by atoms with Gasteiger partial charge in [0.25, 0.3) is 0 Å². The number of ether oxygens (including phenoxy) is 1. The van der Waals surface area contributed by atoms with E-state index in [9.17, 15) is 0 Å². The monoisotopic (exact) mass is 246 g/mol. The lowest BCUT2D eigenvalue weighted by Gasteiger charge is -2.24. The summed E-state index contributed by atoms with van der Waals surface area (Å²) in [6.45, 7) is 6.54. The smallest absolute Gasteiger partial charge is 0.143 e. The van der Waals surface area contributed by atoms with Gasteiger partial charge in [-0.05, 0) is 45.0 Å². The quantitative estimate of drug-likeness (QED) is 0.901. The fraction of sp³-hybridized carbons (Fsp3) is 0.467. The number of nitrogens with one attached hydrogen (secondary N) is 1. The van der Waals surface area contributed by atoms with Gasteiger partial charge in [-0.15, -0.1) is 0 Å². The molecule has 1 N–H and O–H groups in total. The Balaban J connectivity index is 2.86. The van der Waals surface area contributed by atoms with E-state index >= 15 is 0 Å². The van der Waals surface area contributed by atoms with E-state index in [2.05, 4.69) is 50.0 Å². The van der Waals surface area contributed by atoms with Crippen LogP contribution >= 0.6 is 0 Å². The molecule has 0 aliphatic rings. The first-order chi connectivity index (χ1) is 8.42. The summed E-state index contributed by atoms with van der Waals surface area (Å²) >= 11 is 0. The van der Waals surface area contributed by atoms with Crippen molar-refractivity contribution in [2.45, 2.75) is 26.3 Å². The highest BCUT2D eigenvalue weighted by molar-refractivity contribution is 5.92. The van der Waals surface area contributed by atoms with Crippen molar-refractivity contribution in [1.82, 2.24) is 9.88 Å². The van der Waals surface area contributed by atoms with Gasteiger partial charge in [-0.25, -0.2) is 0 Å². The van der Waals surface area contributed by atoms with Crippen molar-refractivity contribution in [3.8, 4) is 5.75 Å². The molecule has 1 aromatic heterocycles. The van der Waals surface area contributed by atoms with Crippen LogP contribution in [0.15, 0.2) is 18.3 Å². The average molecular weight is 246 g/mol. The zero-order valence-corrected chi connectivity index (χ0v) is 12.1. The predicted octanol–water partition coefficient (Wildman–Crippen LogP) is 2.95. The van der Waals surface area contributed by atoms with Gasteiger partial charge in [0.15, 0.2) is 0 Å². The second kappa shape index (κ2) is 4.32. The zero-order chi connectivity index (χ0) is 13.5. The van der Waals surface area contributed by atoms with Crippen LogP contribution in [-0.2, 0) is 12.6 Å². The fourth-order valence-corrected chi connectivity index (χ4v) is 2.46. The molecule has 1 heterocycles. The molecule has 3 nitrogen and oxygen atoms in total. The molecule has 2 rings (SSSR count). The van der Waals surface area contributed by atoms with E-state index in [0.29, 0.717) is 0 Å². The predicted molar refractivity (Wildman–Crippen MR) is 76.3 cm³/mol. The fourth-order valence-electron chi connectivity index (χ4n) is 2.46. The summed E-state index contributed by atoms with van der Waals surface area (Å²) in [6.07, 6.45) is 2.19. The number of rotatable bonds is 3. The molecule has 0 amide bonds. The van der Waals surface area contributed by atoms with E-state index in [4.69, 9.17) is 4.74 Å². The molecular weight excluding hydrogens is 224 g/mol. The molecule has 0 unspecified atom stereocenters. The molecule has 3 heteroatoms. The number of nitrogens with zero attached hydrogens (tertiary/aromatic N) is 1. The van der Waals surface area contributed by atoms with Crippen LogP contribution in [0, 0.1) is 6.92 Å². The summed E-state index contributed by atoms with van der Waals surface area (Å²) in [7, 11) is 5.79. The van der Waals surface area contributed by atoms with Crippen molar-refractivity contribution in [1.29, 1.82) is 0 Å². The maximum atomic E-state index is 5.48. The summed E-state index contributed by atoms with van der Waals surface area (Å²) < 4.78 is 7.63. The molecule has 0 fully saturated rings. The molecule has 0 atom stereocenters. The Kier molecular flexibility index (Phi) is 3.11. The van der Waals surface area contributed by atoms with Gasteiger partial charge in [-0.1, -0.05) is 6.07 Å². The van der Waals surface area contributed by atoms with E-state index < -0.39 is 0 Å². The van der Waals surface area contributed by atoms with Gasteiger partial charge in [0.1, 0.15) is 5.75 Å². The van der Waals surface area contributed by atoms with Gasteiger partial charge >= 0.3 is 0 Å². The highest BCUT2D eigenvalue weighted by atomic mass is 16.5. The molecule has 2 aromatic rings. The van der Waals surface area contributed by atoms with Crippen molar-refractivity contribution in [2.75, 3.05) is 14.2 Å². The van der Waals surface area contributed by atoms with Gasteiger partial charge in [-0.2, -0.15) is 0 Å². The summed E-state index contributed by atoms with van der Waals surface area (Å²) in [4.78, 5) is 0. The summed E-state index contributed by atoms with van der Waals surface area (Å²) in [5.74, 6) is 0.927. The van der Waals surface area contributed by atoms with Crippen molar-refractivity contribution < 1.29 is 4.74 Å². The summed E-state index contributed by atoms with van der Waals surface area (Å²) in [5, 5.41) is 4.66. The second-order valence-corrected chi connectivity index (χ2v) is 5.34. The van der Waals surface area contributed by atoms with Crippen LogP contribution in [0.4, 0.5) is 0 Å². The van der Waals surface area contributed by atoms with Gasteiger partial charge < -0.3 is 14.6 Å². The number of aromatic nitrogens is 1. The van der Waals surface area contributed by atoms with Crippen molar-refractivity contribution in [2.24, 2.45) is 7.05 Å². The van der Waals surface area contributed by atoms with Gasteiger partial charge in [0.05, 0.1) is 12.6 Å². The number of hydrogen-bond donors (Lipinski definition) is 1. The second-order valence-electron chi connectivity index (χ2n) is 5.34. The maximum Gasteiger partial charge on any atom is 0.143 e. The molecule has 0 bridgehead atoms. The third kappa shape index (κ3) is 1.79. The molecule has 18 heavy (non-hydrogen) atoms. The lowest BCUT2D eigenvalue weighted by molar-refractivity contribution is 0.418. The first-order valence-corrected chi connectivity index (χ1v) is 6.24. The highest BCUT2D eigenvalue weighted by Gasteiger charge is 2.24. The van der Waals surface area contributed by atoms with E-state index in [0.717, 1.165) is 11.3 Å². The normalized spacial score (nSPS) is 12.1. The van der Waals surface area contributed by atoms with Crippen LogP contribution in [0.2, 0.25) is 0 Å². The maximum absolute atomic E-state index is 5.48. The minimum atomic E-state index is -0.0589. The Morgan fingerprint density at radius 2 is 1.94 bits per heavy atom. The Labute approximate surface area is 109 Å². The third-order valence-electron chi connectivity index (χ3n) is 3.81. The number of hydrogen-bond acceptors (Lipinski definition) is 2. The zero-order valence-electron chi connectivity index (χ0n) is 12.1. The van der Waals surface area contributed by atoms with Gasteiger partial charge in [0.2, 0.25) is 0 Å². The Bertz CT molecular complexity index is 582. The first kappa shape index (κ1) is 13.0. The SMILES string of the molecule is CNC(C)(C)c1cn(C)c2c(OC)ccc(C)c12. The van der Waals surface area contributed by atoms with Crippen LogP contribution in [-0.4, -0.2) is 18.7 Å². The minimum Gasteiger partial charge on any atom is -0.495 e. The molecule has 1 aromatic carbocycles. The Morgan fingerprint density at radius 3 is 2.50 bits per heavy atom. The number of fused-ring (bicyclic) bond motifs is 1. The molecule has 0 saturated heterocycles. The first-order valence-electron chi connectivity index (χ1n) is 6.24. The topological polar surface area (TPSA) is 26.2 Å². The lowest BCUT2D eigenvalue weighted by atomic mass is 9.92. The minimum absolute atomic E-state index is 0.0589. The number of aryl methyl sites for hydroxylation is 2. The van der Waals surface area contributed by atoms with Crippen LogP contribution < -0.4 is 10.1 Å². The molecule has 0 radical (unpaired) electrons. The van der Waals surface area contributed by atoms with Crippen molar-refractivity contribution in [3.63, 3.8) is 0 Å². The van der Waals surface area contributed by atoms with Crippen LogP contribution in [0.25, 0.3) is 10.9 Å². The summed E-state index contributed by atoms with van der Waals surface area (Å²) in [6, 6.07) is 4.16. The standard InChI is InChI=1S/C15H22N2O/c1-10-7-8-12(18-6)14-13(10)11(9-17(14)5)15(2,3)16-4/h7-9,16H,1-6H3. The number of benzene rings is 1. The van der Waals surface area contributed by atoms with E-state index in [1.807, 2.05) is 13.1 Å². The average Bonchev–Trinajstić information content (AvgIpc) is 2.70. The van der Waals surface area contributed by atoms with E-state index in [1.165, 1.54) is 16.5 Å². The summed E-state index contributed by atoms with van der Waals surface area (Å²) in [5.41, 5.74) is 3.69. The molecule has 0 spiro atoms. The molecule has 98 valence electrons. The highest BCUT2D eigenvalue weighted by Crippen LogP contribution is 2.36. The molecule has 0 aliphatic carbocycles. The van der Waals surface area contributed by atoms with E-state index in [-0.39, 0.29) is 5.54 Å². The number of methoxy groups -OCH3 is 1. The molecule has 0 aliphatic heterocycles. The van der Waals surface area contributed by atoms with Crippen LogP contribution in [0.3, 0.4) is 0 Å². The van der Waals surface area contributed by atoms with Gasteiger partial charge in [0, 0.05) is 24.2 Å². The van der Waals surface area contributed by atoms with Crippen molar-refractivity contribution >= 4 is 10.9 Å². The Morgan fingerprint density at radius 1 is 1.28 bits per heavy atom. The van der Waals surface area contributed by atoms with Crippen molar-refractivity contribution in [3.05, 3.63) is 29.5 Å². The molecular formula is C15H22N2O. The Hall–Kier alpha value is -1.48. The van der Waals surface area contributed by atoms with Gasteiger partial charge in [-0.3, -0.25) is 0 Å². The van der Waals surface area contributed by atoms with Crippen LogP contribution in [0.5, 0.6) is 5.75 Å². The van der Waals surface area contributed by atoms with E-state index in [1.54, 1.807) is 7.11 Å².